The summed E-state index contributed by atoms with van der Waals surface area (Å²) in [6.07, 6.45) is 9.27. The number of rotatable bonds is 4. The van der Waals surface area contributed by atoms with Gasteiger partial charge in [-0.2, -0.15) is 0 Å². The molecule has 1 nitrogen and oxygen atoms in total. The van der Waals surface area contributed by atoms with Gasteiger partial charge in [0.05, 0.1) is 9.65 Å². The van der Waals surface area contributed by atoms with E-state index in [0.717, 1.165) is 24.2 Å². The van der Waals surface area contributed by atoms with E-state index in [-0.39, 0.29) is 4.75 Å². The first-order chi connectivity index (χ1) is 10.00. The van der Waals surface area contributed by atoms with Gasteiger partial charge in [0.2, 0.25) is 0 Å². The molecule has 0 fully saturated rings. The minimum absolute atomic E-state index is 0.207. The summed E-state index contributed by atoms with van der Waals surface area (Å²) in [5.41, 5.74) is 4.20. The Bertz CT molecular complexity index is 595. The van der Waals surface area contributed by atoms with Crippen molar-refractivity contribution in [1.29, 1.82) is 0 Å². The molecule has 0 N–H and O–H groups in total. The molecule has 0 aromatic heterocycles. The van der Waals surface area contributed by atoms with E-state index in [1.54, 1.807) is 11.8 Å². The van der Waals surface area contributed by atoms with E-state index in [2.05, 4.69) is 38.7 Å². The molecule has 112 valence electrons. The third kappa shape index (κ3) is 3.92. The van der Waals surface area contributed by atoms with Crippen molar-refractivity contribution in [2.45, 2.75) is 64.5 Å². The highest BCUT2D eigenvalue weighted by Gasteiger charge is 2.45. The third-order valence-electron chi connectivity index (χ3n) is 4.01. The molecule has 0 aromatic rings. The van der Waals surface area contributed by atoms with Gasteiger partial charge in [0, 0.05) is 18.4 Å². The minimum Gasteiger partial charge on any atom is -0.294 e. The number of Topliss-reactive ketones (excluding diaryl/α,β-unsaturated/α-hetero) is 1. The summed E-state index contributed by atoms with van der Waals surface area (Å²) < 4.78 is 0.207. The monoisotopic (exact) mass is 300 g/mol. The second kappa shape index (κ2) is 6.71. The van der Waals surface area contributed by atoms with Crippen LogP contribution in [-0.2, 0) is 4.79 Å². The van der Waals surface area contributed by atoms with Crippen molar-refractivity contribution in [3.63, 3.8) is 0 Å². The number of thioether (sulfide) groups is 1. The maximum absolute atomic E-state index is 11.4. The third-order valence-corrected chi connectivity index (χ3v) is 5.36. The highest BCUT2D eigenvalue weighted by Crippen LogP contribution is 2.56. The molecule has 3 rings (SSSR count). The topological polar surface area (TPSA) is 17.1 Å². The predicted octanol–water partition coefficient (Wildman–Crippen LogP) is 5.20. The Hall–Kier alpha value is -1.20. The van der Waals surface area contributed by atoms with E-state index >= 15 is 0 Å². The van der Waals surface area contributed by atoms with Crippen LogP contribution in [0.3, 0.4) is 0 Å². The molecule has 1 aliphatic heterocycles. The van der Waals surface area contributed by atoms with Gasteiger partial charge in [-0.25, -0.2) is 0 Å². The van der Waals surface area contributed by atoms with Crippen LogP contribution in [0.25, 0.3) is 0 Å². The Morgan fingerprint density at radius 2 is 2.19 bits per heavy atom. The van der Waals surface area contributed by atoms with Gasteiger partial charge < -0.3 is 0 Å². The zero-order valence-corrected chi connectivity index (χ0v) is 14.3. The molecular formula is C19H24OS. The first-order valence-electron chi connectivity index (χ1n) is 7.85. The van der Waals surface area contributed by atoms with Crippen molar-refractivity contribution in [2.24, 2.45) is 0 Å². The van der Waals surface area contributed by atoms with Crippen molar-refractivity contribution in [3.8, 4) is 11.8 Å². The smallest absolute Gasteiger partial charge is 0.169 e. The van der Waals surface area contributed by atoms with Crippen LogP contribution in [0.4, 0.5) is 0 Å². The molecule has 0 bridgehead atoms. The average molecular weight is 300 g/mol. The molecule has 1 atom stereocenters. The summed E-state index contributed by atoms with van der Waals surface area (Å²) in [5, 5.41) is 0. The fraction of sp³-hybridized carbons (Fsp3) is 0.526. The number of allylic oxidation sites excluding steroid dienone is 4. The average Bonchev–Trinajstić information content (AvgIpc) is 2.98. The lowest BCUT2D eigenvalue weighted by Gasteiger charge is -2.05. The van der Waals surface area contributed by atoms with Gasteiger partial charge in [-0.05, 0) is 44.8 Å². The van der Waals surface area contributed by atoms with Gasteiger partial charge in [-0.15, -0.1) is 11.8 Å². The van der Waals surface area contributed by atoms with Gasteiger partial charge in [-0.1, -0.05) is 37.3 Å². The van der Waals surface area contributed by atoms with Crippen LogP contribution in [0.1, 0.15) is 59.8 Å². The van der Waals surface area contributed by atoms with Gasteiger partial charge in [0.25, 0.3) is 0 Å². The van der Waals surface area contributed by atoms with Crippen molar-refractivity contribution >= 4 is 17.5 Å². The highest BCUT2D eigenvalue weighted by atomic mass is 32.2. The standard InChI is InChI=1S/C10H12OS.C9H12/c1-3-4-8(11)9-5-7-6-10(7,2)12-9;1-3-9-7-5-4-6-8(9)2/h5-6H,3-4H2,1-2H3;3-4,6H2,1-2H3. The Labute approximate surface area is 133 Å². The zero-order valence-electron chi connectivity index (χ0n) is 13.5. The molecule has 0 saturated heterocycles. The lowest BCUT2D eigenvalue weighted by molar-refractivity contribution is -0.114. The van der Waals surface area contributed by atoms with Crippen LogP contribution in [0, 0.1) is 11.8 Å². The fourth-order valence-corrected chi connectivity index (χ4v) is 3.71. The van der Waals surface area contributed by atoms with Crippen molar-refractivity contribution in [2.75, 3.05) is 0 Å². The molecule has 0 radical (unpaired) electrons. The lowest BCUT2D eigenvalue weighted by atomic mass is 10.00. The minimum atomic E-state index is 0.207. The predicted molar refractivity (Wildman–Crippen MR) is 92.1 cm³/mol. The molecule has 2 heteroatoms. The summed E-state index contributed by atoms with van der Waals surface area (Å²) in [7, 11) is 0. The summed E-state index contributed by atoms with van der Waals surface area (Å²) in [4.78, 5) is 12.4. The summed E-state index contributed by atoms with van der Waals surface area (Å²) in [6, 6.07) is 0. The maximum atomic E-state index is 11.4. The van der Waals surface area contributed by atoms with Crippen LogP contribution < -0.4 is 0 Å². The number of fused-ring (bicyclic) bond motifs is 1. The van der Waals surface area contributed by atoms with Gasteiger partial charge in [0.15, 0.2) is 5.78 Å². The Morgan fingerprint density at radius 1 is 1.43 bits per heavy atom. The Kier molecular flexibility index (Phi) is 5.17. The molecule has 2 aliphatic carbocycles. The summed E-state index contributed by atoms with van der Waals surface area (Å²) in [6.45, 7) is 8.56. The van der Waals surface area contributed by atoms with Gasteiger partial charge in [-0.3, -0.25) is 4.79 Å². The van der Waals surface area contributed by atoms with Crippen LogP contribution in [0.5, 0.6) is 0 Å². The number of carbonyl (C=O) groups is 1. The Morgan fingerprint density at radius 3 is 2.67 bits per heavy atom. The molecule has 1 heterocycles. The summed E-state index contributed by atoms with van der Waals surface area (Å²) in [5.74, 6) is 6.57. The summed E-state index contributed by atoms with van der Waals surface area (Å²) >= 11 is 1.71. The largest absolute Gasteiger partial charge is 0.294 e. The first kappa shape index (κ1) is 16.2. The van der Waals surface area contributed by atoms with E-state index in [1.807, 2.05) is 13.0 Å². The molecule has 0 spiro atoms. The fourth-order valence-electron chi connectivity index (χ4n) is 2.49. The van der Waals surface area contributed by atoms with E-state index in [9.17, 15) is 4.79 Å². The molecule has 0 saturated carbocycles. The van der Waals surface area contributed by atoms with Crippen LogP contribution in [0.15, 0.2) is 33.8 Å². The lowest BCUT2D eigenvalue weighted by Crippen LogP contribution is -2.01. The number of hydrogen-bond acceptors (Lipinski definition) is 2. The van der Waals surface area contributed by atoms with E-state index in [0.29, 0.717) is 12.2 Å². The van der Waals surface area contributed by atoms with Crippen LogP contribution in [-0.4, -0.2) is 10.5 Å². The van der Waals surface area contributed by atoms with Crippen molar-refractivity contribution in [3.05, 3.63) is 33.8 Å². The number of carbonyl (C=O) groups excluding carboxylic acids is 1. The highest BCUT2D eigenvalue weighted by molar-refractivity contribution is 8.06. The van der Waals surface area contributed by atoms with E-state index < -0.39 is 0 Å². The van der Waals surface area contributed by atoms with Crippen LogP contribution >= 0.6 is 11.8 Å². The second-order valence-electron chi connectivity index (χ2n) is 5.90. The zero-order chi connectivity index (χ0) is 15.5. The van der Waals surface area contributed by atoms with E-state index in [1.165, 1.54) is 23.1 Å². The first-order valence-corrected chi connectivity index (χ1v) is 8.66. The molecule has 1 unspecified atom stereocenters. The molecule has 0 amide bonds. The van der Waals surface area contributed by atoms with Crippen molar-refractivity contribution in [1.82, 2.24) is 0 Å². The number of ketones is 1. The van der Waals surface area contributed by atoms with Crippen molar-refractivity contribution < 1.29 is 4.79 Å². The quantitative estimate of drug-likeness (QED) is 0.664. The molecule has 21 heavy (non-hydrogen) atoms. The Balaban J connectivity index is 0.000000161. The normalized spacial score (nSPS) is 25.0. The van der Waals surface area contributed by atoms with E-state index in [4.69, 9.17) is 0 Å². The second-order valence-corrected chi connectivity index (χ2v) is 7.40. The van der Waals surface area contributed by atoms with Gasteiger partial charge >= 0.3 is 0 Å². The SMILES string of the molecule is CCC1=C(C)CCC#C1.CCCC(=O)C1=CC2=CC2(C)S1. The molecular weight excluding hydrogens is 276 g/mol. The maximum Gasteiger partial charge on any atom is 0.169 e. The number of hydrogen-bond donors (Lipinski definition) is 0. The van der Waals surface area contributed by atoms with Crippen LogP contribution in [0.2, 0.25) is 0 Å². The van der Waals surface area contributed by atoms with Gasteiger partial charge in [0.1, 0.15) is 0 Å². The molecule has 0 aromatic carbocycles. The molecule has 3 aliphatic rings.